The van der Waals surface area contributed by atoms with Gasteiger partial charge in [0.1, 0.15) is 5.75 Å². The third-order valence-corrected chi connectivity index (χ3v) is 4.81. The highest BCUT2D eigenvalue weighted by Gasteiger charge is 2.34. The number of nitro groups is 1. The van der Waals surface area contributed by atoms with Gasteiger partial charge in [0.15, 0.2) is 0 Å². The predicted octanol–water partition coefficient (Wildman–Crippen LogP) is 4.17. The fourth-order valence-electron chi connectivity index (χ4n) is 2.63. The van der Waals surface area contributed by atoms with Crippen LogP contribution in [-0.4, -0.2) is 28.9 Å². The number of hydrogen-bond donors (Lipinski definition) is 0. The zero-order valence-electron chi connectivity index (χ0n) is 13.6. The number of nitro benzene ring substituents is 1. The Hall–Kier alpha value is -2.41. The molecular weight excluding hydrogens is 388 g/mol. The van der Waals surface area contributed by atoms with E-state index >= 15 is 0 Å². The van der Waals surface area contributed by atoms with E-state index in [0.717, 1.165) is 24.2 Å². The minimum absolute atomic E-state index is 0.0449. The van der Waals surface area contributed by atoms with E-state index in [9.17, 15) is 14.9 Å². The van der Waals surface area contributed by atoms with Gasteiger partial charge < -0.3 is 9.64 Å². The Labute approximate surface area is 153 Å². The molecule has 0 aliphatic heterocycles. The Balaban J connectivity index is 1.82. The van der Waals surface area contributed by atoms with Crippen molar-refractivity contribution in [2.75, 3.05) is 7.11 Å². The molecule has 0 heterocycles. The summed E-state index contributed by atoms with van der Waals surface area (Å²) in [6.45, 7) is 0.497. The predicted molar refractivity (Wildman–Crippen MR) is 96.7 cm³/mol. The Kier molecular flexibility index (Phi) is 5.03. The molecule has 7 heteroatoms. The lowest BCUT2D eigenvalue weighted by atomic mass is 10.1. The number of rotatable bonds is 6. The molecule has 6 nitrogen and oxygen atoms in total. The fourth-order valence-corrected chi connectivity index (χ4v) is 3.16. The Morgan fingerprint density at radius 2 is 1.96 bits per heavy atom. The molecule has 130 valence electrons. The summed E-state index contributed by atoms with van der Waals surface area (Å²) in [5.74, 6) is 0.645. The van der Waals surface area contributed by atoms with Gasteiger partial charge in [-0.15, -0.1) is 0 Å². The van der Waals surface area contributed by atoms with Crippen LogP contribution in [0.25, 0.3) is 0 Å². The maximum absolute atomic E-state index is 13.0. The number of nitrogens with zero attached hydrogens (tertiary/aromatic N) is 2. The van der Waals surface area contributed by atoms with E-state index in [4.69, 9.17) is 4.74 Å². The highest BCUT2D eigenvalue weighted by molar-refractivity contribution is 9.10. The van der Waals surface area contributed by atoms with Gasteiger partial charge in [-0.05, 0) is 52.5 Å². The molecule has 1 fully saturated rings. The molecule has 0 unspecified atom stereocenters. The quantitative estimate of drug-likeness (QED) is 0.534. The molecule has 1 amide bonds. The Bertz CT molecular complexity index is 803. The number of hydrogen-bond acceptors (Lipinski definition) is 4. The van der Waals surface area contributed by atoms with Crippen molar-refractivity contribution < 1.29 is 14.5 Å². The van der Waals surface area contributed by atoms with E-state index in [2.05, 4.69) is 15.9 Å². The highest BCUT2D eigenvalue weighted by atomic mass is 79.9. The molecule has 1 aliphatic carbocycles. The lowest BCUT2D eigenvalue weighted by Gasteiger charge is -2.23. The lowest BCUT2D eigenvalue weighted by molar-refractivity contribution is -0.384. The summed E-state index contributed by atoms with van der Waals surface area (Å²) in [5, 5.41) is 10.9. The van der Waals surface area contributed by atoms with Gasteiger partial charge in [-0.2, -0.15) is 0 Å². The smallest absolute Gasteiger partial charge is 0.270 e. The van der Waals surface area contributed by atoms with Gasteiger partial charge in [-0.3, -0.25) is 14.9 Å². The van der Waals surface area contributed by atoms with Crippen LogP contribution in [0, 0.1) is 10.1 Å². The molecule has 0 radical (unpaired) electrons. The number of carbonyl (C=O) groups excluding carboxylic acids is 1. The third-order valence-electron chi connectivity index (χ3n) is 4.15. The molecule has 25 heavy (non-hydrogen) atoms. The highest BCUT2D eigenvalue weighted by Crippen LogP contribution is 2.32. The SMILES string of the molecule is COc1ccc(CN(C(=O)c2ccc([N+](=O)[O-])cc2Br)C2CC2)cc1. The number of methoxy groups -OCH3 is 1. The zero-order valence-corrected chi connectivity index (χ0v) is 15.2. The molecule has 0 atom stereocenters. The van der Waals surface area contributed by atoms with Crippen molar-refractivity contribution in [1.29, 1.82) is 0 Å². The first-order valence-electron chi connectivity index (χ1n) is 7.87. The second-order valence-corrected chi connectivity index (χ2v) is 6.79. The topological polar surface area (TPSA) is 72.7 Å². The lowest BCUT2D eigenvalue weighted by Crippen LogP contribution is -2.32. The number of halogens is 1. The standard InChI is InChI=1S/C18H17BrN2O4/c1-25-15-7-2-12(3-8-15)11-20(13-4-5-13)18(22)16-9-6-14(21(23)24)10-17(16)19/h2-3,6-10,13H,4-5,11H2,1H3. The van der Waals surface area contributed by atoms with E-state index in [1.807, 2.05) is 29.2 Å². The maximum atomic E-state index is 13.0. The first-order valence-corrected chi connectivity index (χ1v) is 8.66. The normalized spacial score (nSPS) is 13.4. The minimum Gasteiger partial charge on any atom is -0.497 e. The van der Waals surface area contributed by atoms with Gasteiger partial charge in [-0.1, -0.05) is 12.1 Å². The molecule has 3 rings (SSSR count). The summed E-state index contributed by atoms with van der Waals surface area (Å²) in [6.07, 6.45) is 1.96. The first kappa shape index (κ1) is 17.4. The molecule has 0 saturated heterocycles. The molecule has 0 spiro atoms. The molecule has 0 aromatic heterocycles. The van der Waals surface area contributed by atoms with Crippen molar-refractivity contribution in [3.05, 3.63) is 68.2 Å². The van der Waals surface area contributed by atoms with Gasteiger partial charge in [0, 0.05) is 29.2 Å². The van der Waals surface area contributed by atoms with Gasteiger partial charge >= 0.3 is 0 Å². The third kappa shape index (κ3) is 3.99. The summed E-state index contributed by atoms with van der Waals surface area (Å²) < 4.78 is 5.59. The van der Waals surface area contributed by atoms with Gasteiger partial charge in [0.2, 0.25) is 0 Å². The first-order chi connectivity index (χ1) is 12.0. The van der Waals surface area contributed by atoms with E-state index in [0.29, 0.717) is 16.6 Å². The van der Waals surface area contributed by atoms with Crippen LogP contribution >= 0.6 is 15.9 Å². The van der Waals surface area contributed by atoms with Crippen LogP contribution in [-0.2, 0) is 6.54 Å². The number of benzene rings is 2. The number of carbonyl (C=O) groups is 1. The maximum Gasteiger partial charge on any atom is 0.270 e. The second kappa shape index (κ2) is 7.23. The van der Waals surface area contributed by atoms with E-state index < -0.39 is 4.92 Å². The van der Waals surface area contributed by atoms with Crippen LogP contribution in [0.3, 0.4) is 0 Å². The van der Waals surface area contributed by atoms with Crippen molar-refractivity contribution in [3.8, 4) is 5.75 Å². The molecule has 0 N–H and O–H groups in total. The van der Waals surface area contributed by atoms with Gasteiger partial charge in [0.25, 0.3) is 11.6 Å². The number of non-ortho nitro benzene ring substituents is 1. The summed E-state index contributed by atoms with van der Waals surface area (Å²) in [6, 6.07) is 12.1. The van der Waals surface area contributed by atoms with Crippen molar-refractivity contribution in [2.24, 2.45) is 0 Å². The molecular formula is C18H17BrN2O4. The van der Waals surface area contributed by atoms with Crippen LogP contribution in [0.2, 0.25) is 0 Å². The number of amides is 1. The Morgan fingerprint density at radius 3 is 2.48 bits per heavy atom. The summed E-state index contributed by atoms with van der Waals surface area (Å²) >= 11 is 3.29. The Morgan fingerprint density at radius 1 is 1.28 bits per heavy atom. The fraction of sp³-hybridized carbons (Fsp3) is 0.278. The van der Waals surface area contributed by atoms with E-state index in [-0.39, 0.29) is 17.6 Å². The summed E-state index contributed by atoms with van der Waals surface area (Å²) in [5.41, 5.74) is 1.40. The number of ether oxygens (including phenoxy) is 1. The average Bonchev–Trinajstić information content (AvgIpc) is 3.44. The van der Waals surface area contributed by atoms with Crippen molar-refractivity contribution >= 4 is 27.5 Å². The second-order valence-electron chi connectivity index (χ2n) is 5.93. The molecule has 2 aromatic rings. The van der Waals surface area contributed by atoms with E-state index in [1.165, 1.54) is 18.2 Å². The van der Waals surface area contributed by atoms with Crippen LogP contribution in [0.4, 0.5) is 5.69 Å². The van der Waals surface area contributed by atoms with E-state index in [1.54, 1.807) is 7.11 Å². The van der Waals surface area contributed by atoms with Crippen molar-refractivity contribution in [1.82, 2.24) is 4.90 Å². The molecule has 2 aromatic carbocycles. The van der Waals surface area contributed by atoms with Crippen LogP contribution in [0.5, 0.6) is 5.75 Å². The average molecular weight is 405 g/mol. The van der Waals surface area contributed by atoms with Crippen LogP contribution in [0.15, 0.2) is 46.9 Å². The minimum atomic E-state index is -0.477. The van der Waals surface area contributed by atoms with Crippen LogP contribution in [0.1, 0.15) is 28.8 Å². The molecule has 1 saturated carbocycles. The zero-order chi connectivity index (χ0) is 18.0. The molecule has 1 aliphatic rings. The summed E-state index contributed by atoms with van der Waals surface area (Å²) in [7, 11) is 1.61. The van der Waals surface area contributed by atoms with Gasteiger partial charge in [0.05, 0.1) is 17.6 Å². The monoisotopic (exact) mass is 404 g/mol. The van der Waals surface area contributed by atoms with Gasteiger partial charge in [-0.25, -0.2) is 0 Å². The van der Waals surface area contributed by atoms with Crippen LogP contribution < -0.4 is 4.74 Å². The largest absolute Gasteiger partial charge is 0.497 e. The van der Waals surface area contributed by atoms with Crippen molar-refractivity contribution in [2.45, 2.75) is 25.4 Å². The summed E-state index contributed by atoms with van der Waals surface area (Å²) in [4.78, 5) is 25.2. The van der Waals surface area contributed by atoms with Crippen molar-refractivity contribution in [3.63, 3.8) is 0 Å². The molecule has 0 bridgehead atoms.